The van der Waals surface area contributed by atoms with Crippen molar-refractivity contribution in [3.63, 3.8) is 0 Å². The van der Waals surface area contributed by atoms with Gasteiger partial charge in [-0.3, -0.25) is 4.79 Å². The number of unbranched alkanes of at least 4 members (excludes halogenated alkanes) is 3. The molecular formula is C28H51NO4Si2. The Balaban J connectivity index is 2.73. The molecule has 0 unspecified atom stereocenters. The van der Waals surface area contributed by atoms with E-state index >= 15 is 0 Å². The summed E-state index contributed by atoms with van der Waals surface area (Å²) < 4.78 is 12.0. The summed E-state index contributed by atoms with van der Waals surface area (Å²) in [4.78, 5) is 17.3. The van der Waals surface area contributed by atoms with Gasteiger partial charge in [0.25, 0.3) is 5.97 Å². The first kappa shape index (κ1) is 31.6. The van der Waals surface area contributed by atoms with Gasteiger partial charge in [-0.1, -0.05) is 61.7 Å². The summed E-state index contributed by atoms with van der Waals surface area (Å²) in [5.41, 5.74) is 0.999. The number of nitrogens with zero attached hydrogens (tertiary/aromatic N) is 1. The van der Waals surface area contributed by atoms with E-state index in [0.29, 0.717) is 13.0 Å². The molecule has 200 valence electrons. The number of allylic oxidation sites excluding steroid dienone is 5. The lowest BCUT2D eigenvalue weighted by Gasteiger charge is -2.25. The Morgan fingerprint density at radius 3 is 2.43 bits per heavy atom. The fraction of sp³-hybridized carbons (Fsp3) is 0.714. The molecule has 0 heterocycles. The molecule has 0 aliphatic heterocycles. The van der Waals surface area contributed by atoms with Crippen molar-refractivity contribution in [1.29, 1.82) is 0 Å². The molecule has 0 aromatic rings. The number of hydrogen-bond donors (Lipinski definition) is 0. The third-order valence-electron chi connectivity index (χ3n) is 5.51. The summed E-state index contributed by atoms with van der Waals surface area (Å²) in [5.74, 6) is 0.474. The molecule has 0 N–H and O–H groups in total. The molecule has 0 radical (unpaired) electrons. The molecule has 0 spiro atoms. The van der Waals surface area contributed by atoms with Crippen molar-refractivity contribution in [3.8, 4) is 0 Å². The Labute approximate surface area is 217 Å². The summed E-state index contributed by atoms with van der Waals surface area (Å²) in [6.45, 7) is 17.7. The summed E-state index contributed by atoms with van der Waals surface area (Å²) in [6.07, 6.45) is 21.3. The van der Waals surface area contributed by atoms with E-state index in [1.807, 2.05) is 26.6 Å². The Bertz CT molecular complexity index is 732. The maximum Gasteiger partial charge on any atom is 0.292 e. The van der Waals surface area contributed by atoms with Crippen LogP contribution < -0.4 is 0 Å². The van der Waals surface area contributed by atoms with E-state index in [9.17, 15) is 4.79 Å². The van der Waals surface area contributed by atoms with Gasteiger partial charge in [-0.05, 0) is 78.0 Å². The predicted octanol–water partition coefficient (Wildman–Crippen LogP) is 8.03. The summed E-state index contributed by atoms with van der Waals surface area (Å²) in [5, 5.41) is 4.37. The molecule has 0 aromatic heterocycles. The number of carbonyl (C=O) groups is 1. The standard InChI is InChI=1S/C28H51NO4Si2/c1-9-11-14-17-25(32-34(3,4)5)22-20-24-21-23-27(29-31-10-2)26(24)18-15-12-13-16-19-28(30)33-35(6,7)8/h12,15,20-26H,9-11,13-14,16-19H2,1-8H3/b15-12-,22-20+,29-27+/t24-,25-,26+/m0/s1. The predicted molar refractivity (Wildman–Crippen MR) is 154 cm³/mol. The van der Waals surface area contributed by atoms with E-state index in [-0.39, 0.29) is 23.9 Å². The second-order valence-electron chi connectivity index (χ2n) is 11.3. The van der Waals surface area contributed by atoms with E-state index in [0.717, 1.165) is 31.4 Å². The average molecular weight is 522 g/mol. The minimum atomic E-state index is -1.79. The second-order valence-corrected chi connectivity index (χ2v) is 20.2. The van der Waals surface area contributed by atoms with Gasteiger partial charge in [0.2, 0.25) is 8.32 Å². The molecule has 1 rings (SSSR count). The molecular weight excluding hydrogens is 470 g/mol. The maximum atomic E-state index is 11.9. The van der Waals surface area contributed by atoms with Crippen molar-refractivity contribution >= 4 is 28.3 Å². The van der Waals surface area contributed by atoms with E-state index in [1.54, 1.807) is 0 Å². The third-order valence-corrected chi connectivity index (χ3v) is 7.36. The molecule has 35 heavy (non-hydrogen) atoms. The van der Waals surface area contributed by atoms with Crippen molar-refractivity contribution in [3.05, 3.63) is 36.5 Å². The first-order valence-corrected chi connectivity index (χ1v) is 20.4. The van der Waals surface area contributed by atoms with Crippen LogP contribution in [-0.4, -0.2) is 41.0 Å². The first-order valence-electron chi connectivity index (χ1n) is 13.6. The smallest absolute Gasteiger partial charge is 0.292 e. The highest BCUT2D eigenvalue weighted by molar-refractivity contribution is 6.71. The van der Waals surface area contributed by atoms with Gasteiger partial charge in [0.05, 0.1) is 11.8 Å². The van der Waals surface area contributed by atoms with Crippen LogP contribution in [-0.2, 0) is 18.5 Å². The van der Waals surface area contributed by atoms with Crippen molar-refractivity contribution in [2.45, 2.75) is 111 Å². The normalized spacial score (nSPS) is 20.9. The fourth-order valence-corrected chi connectivity index (χ4v) is 5.88. The maximum absolute atomic E-state index is 11.9. The highest BCUT2D eigenvalue weighted by atomic mass is 28.4. The van der Waals surface area contributed by atoms with Crippen LogP contribution in [0.5, 0.6) is 0 Å². The van der Waals surface area contributed by atoms with Crippen LogP contribution in [0, 0.1) is 11.8 Å². The van der Waals surface area contributed by atoms with Crippen molar-refractivity contribution in [1.82, 2.24) is 0 Å². The van der Waals surface area contributed by atoms with Crippen LogP contribution in [0.25, 0.3) is 0 Å². The van der Waals surface area contributed by atoms with Gasteiger partial charge in [0.15, 0.2) is 8.32 Å². The summed E-state index contributed by atoms with van der Waals surface area (Å²) >= 11 is 0. The zero-order chi connectivity index (χ0) is 26.3. The lowest BCUT2D eigenvalue weighted by molar-refractivity contribution is -0.135. The zero-order valence-corrected chi connectivity index (χ0v) is 25.6. The van der Waals surface area contributed by atoms with Gasteiger partial charge in [-0.25, -0.2) is 0 Å². The monoisotopic (exact) mass is 521 g/mol. The zero-order valence-electron chi connectivity index (χ0n) is 23.6. The number of carbonyl (C=O) groups excluding carboxylic acids is 1. The Morgan fingerprint density at radius 1 is 1.06 bits per heavy atom. The number of rotatable bonds is 17. The van der Waals surface area contributed by atoms with Crippen LogP contribution in [0.1, 0.15) is 65.2 Å². The Hall–Kier alpha value is -1.45. The highest BCUT2D eigenvalue weighted by Gasteiger charge is 2.27. The molecule has 7 heteroatoms. The van der Waals surface area contributed by atoms with Gasteiger partial charge in [-0.2, -0.15) is 0 Å². The minimum absolute atomic E-state index is 0.0667. The molecule has 3 atom stereocenters. The lowest BCUT2D eigenvalue weighted by Crippen LogP contribution is -2.31. The highest BCUT2D eigenvalue weighted by Crippen LogP contribution is 2.29. The molecule has 0 amide bonds. The van der Waals surface area contributed by atoms with Crippen LogP contribution in [0.3, 0.4) is 0 Å². The lowest BCUT2D eigenvalue weighted by atomic mass is 9.90. The Morgan fingerprint density at radius 2 is 1.80 bits per heavy atom. The van der Waals surface area contributed by atoms with E-state index in [1.165, 1.54) is 19.3 Å². The van der Waals surface area contributed by atoms with Gasteiger partial charge < -0.3 is 13.7 Å². The van der Waals surface area contributed by atoms with Crippen molar-refractivity contribution < 1.29 is 18.5 Å². The Kier molecular flexibility index (Phi) is 14.7. The molecule has 0 fully saturated rings. The number of hydrogen-bond acceptors (Lipinski definition) is 5. The molecule has 1 aliphatic rings. The quantitative estimate of drug-likeness (QED) is 0.0841. The average Bonchev–Trinajstić information content (AvgIpc) is 3.12. The van der Waals surface area contributed by atoms with E-state index in [2.05, 4.69) is 68.2 Å². The van der Waals surface area contributed by atoms with Crippen LogP contribution >= 0.6 is 0 Å². The number of oxime groups is 1. The van der Waals surface area contributed by atoms with Crippen LogP contribution in [0.4, 0.5) is 0 Å². The van der Waals surface area contributed by atoms with E-state index < -0.39 is 16.6 Å². The SMILES string of the molecule is CCCCC[C@@H](/C=C/[C@H]1C=C/C(=N\OCC)[C@@H]1C/C=C\CCCC(=O)O[Si](C)(C)C)O[Si](C)(C)C. The van der Waals surface area contributed by atoms with Gasteiger partial charge in [0, 0.05) is 18.3 Å². The van der Waals surface area contributed by atoms with E-state index in [4.69, 9.17) is 13.7 Å². The van der Waals surface area contributed by atoms with Gasteiger partial charge in [0.1, 0.15) is 6.61 Å². The van der Waals surface area contributed by atoms with Crippen LogP contribution in [0.15, 0.2) is 41.6 Å². The molecule has 0 bridgehead atoms. The molecule has 0 saturated heterocycles. The molecule has 0 aromatic carbocycles. The summed E-state index contributed by atoms with van der Waals surface area (Å²) in [6, 6.07) is 0. The topological polar surface area (TPSA) is 57.1 Å². The van der Waals surface area contributed by atoms with Crippen molar-refractivity contribution in [2.75, 3.05) is 6.61 Å². The van der Waals surface area contributed by atoms with Crippen LogP contribution in [0.2, 0.25) is 39.3 Å². The van der Waals surface area contributed by atoms with Gasteiger partial charge in [-0.15, -0.1) is 0 Å². The molecule has 1 aliphatic carbocycles. The molecule has 0 saturated carbocycles. The minimum Gasteiger partial charge on any atom is -0.520 e. The summed E-state index contributed by atoms with van der Waals surface area (Å²) in [7, 11) is -3.41. The fourth-order valence-electron chi connectivity index (χ4n) is 3.99. The second kappa shape index (κ2) is 16.3. The van der Waals surface area contributed by atoms with Crippen molar-refractivity contribution in [2.24, 2.45) is 17.0 Å². The first-order chi connectivity index (χ1) is 16.4. The molecule has 5 nitrogen and oxygen atoms in total. The van der Waals surface area contributed by atoms with Gasteiger partial charge >= 0.3 is 0 Å². The largest absolute Gasteiger partial charge is 0.520 e. The third kappa shape index (κ3) is 15.3.